The summed E-state index contributed by atoms with van der Waals surface area (Å²) in [6.45, 7) is 0. The van der Waals surface area contributed by atoms with E-state index in [-0.39, 0.29) is 23.9 Å². The second kappa shape index (κ2) is 7.13. The molecule has 1 aromatic carbocycles. The summed E-state index contributed by atoms with van der Waals surface area (Å²) in [7, 11) is 1.85. The van der Waals surface area contributed by atoms with Crippen LogP contribution in [0.25, 0.3) is 11.4 Å². The SMILES string of the molecule is Cn1c(SCC(=O)c2cc3c(cc2Cl)NC(=O)C3)nnc1-c1ccncc1. The number of pyridine rings is 1. The van der Waals surface area contributed by atoms with Crippen LogP contribution in [0.3, 0.4) is 0 Å². The average Bonchev–Trinajstić information content (AvgIpc) is 3.21. The summed E-state index contributed by atoms with van der Waals surface area (Å²) in [4.78, 5) is 28.1. The number of rotatable bonds is 5. The summed E-state index contributed by atoms with van der Waals surface area (Å²) in [5.74, 6) is 0.651. The predicted molar refractivity (Wildman–Crippen MR) is 103 cm³/mol. The first-order valence-corrected chi connectivity index (χ1v) is 9.47. The van der Waals surface area contributed by atoms with E-state index in [1.165, 1.54) is 11.8 Å². The van der Waals surface area contributed by atoms with Crippen molar-refractivity contribution in [3.8, 4) is 11.4 Å². The summed E-state index contributed by atoms with van der Waals surface area (Å²) >= 11 is 7.52. The van der Waals surface area contributed by atoms with Crippen LogP contribution in [-0.2, 0) is 18.3 Å². The van der Waals surface area contributed by atoms with Gasteiger partial charge in [0.2, 0.25) is 5.91 Å². The maximum Gasteiger partial charge on any atom is 0.228 e. The first-order valence-electron chi connectivity index (χ1n) is 8.11. The van der Waals surface area contributed by atoms with Gasteiger partial charge in [0.15, 0.2) is 16.8 Å². The molecule has 0 aliphatic carbocycles. The van der Waals surface area contributed by atoms with E-state index in [4.69, 9.17) is 11.6 Å². The van der Waals surface area contributed by atoms with Gasteiger partial charge in [-0.2, -0.15) is 0 Å². The van der Waals surface area contributed by atoms with Crippen LogP contribution < -0.4 is 5.32 Å². The predicted octanol–water partition coefficient (Wildman–Crippen LogP) is 3.00. The summed E-state index contributed by atoms with van der Waals surface area (Å²) < 4.78 is 1.83. The van der Waals surface area contributed by atoms with Crippen molar-refractivity contribution >= 4 is 40.7 Å². The van der Waals surface area contributed by atoms with Gasteiger partial charge in [-0.15, -0.1) is 10.2 Å². The number of ketones is 1. The van der Waals surface area contributed by atoms with Crippen LogP contribution in [-0.4, -0.2) is 37.2 Å². The van der Waals surface area contributed by atoms with Crippen molar-refractivity contribution in [3.05, 3.63) is 52.8 Å². The van der Waals surface area contributed by atoms with E-state index >= 15 is 0 Å². The highest BCUT2D eigenvalue weighted by Crippen LogP contribution is 2.31. The molecule has 0 spiro atoms. The van der Waals surface area contributed by atoms with Crippen molar-refractivity contribution < 1.29 is 9.59 Å². The number of amides is 1. The third-order valence-electron chi connectivity index (χ3n) is 4.22. The van der Waals surface area contributed by atoms with Crippen molar-refractivity contribution in [2.24, 2.45) is 7.05 Å². The van der Waals surface area contributed by atoms with Crippen molar-refractivity contribution in [2.45, 2.75) is 11.6 Å². The Bertz CT molecular complexity index is 1050. The Hall–Kier alpha value is -2.71. The number of aromatic nitrogens is 4. The fourth-order valence-corrected chi connectivity index (χ4v) is 3.93. The molecule has 0 unspecified atom stereocenters. The summed E-state index contributed by atoms with van der Waals surface area (Å²) in [5, 5.41) is 12.0. The molecule has 0 saturated carbocycles. The van der Waals surface area contributed by atoms with E-state index in [0.29, 0.717) is 27.3 Å². The number of hydrogen-bond acceptors (Lipinski definition) is 6. The molecule has 3 heterocycles. The second-order valence-electron chi connectivity index (χ2n) is 6.03. The van der Waals surface area contributed by atoms with Gasteiger partial charge in [0.05, 0.1) is 17.2 Å². The Balaban J connectivity index is 1.50. The van der Waals surface area contributed by atoms with Crippen LogP contribution in [0.5, 0.6) is 0 Å². The highest BCUT2D eigenvalue weighted by atomic mass is 35.5. The van der Waals surface area contributed by atoms with Crippen molar-refractivity contribution in [1.82, 2.24) is 19.7 Å². The Morgan fingerprint density at radius 2 is 2.07 bits per heavy atom. The monoisotopic (exact) mass is 399 g/mol. The third kappa shape index (κ3) is 3.45. The molecule has 0 saturated heterocycles. The van der Waals surface area contributed by atoms with Crippen LogP contribution in [0.2, 0.25) is 5.02 Å². The fraction of sp³-hybridized carbons (Fsp3) is 0.167. The molecule has 3 aromatic rings. The van der Waals surface area contributed by atoms with Crippen molar-refractivity contribution in [1.29, 1.82) is 0 Å². The van der Waals surface area contributed by atoms with Gasteiger partial charge in [0, 0.05) is 36.3 Å². The van der Waals surface area contributed by atoms with E-state index in [9.17, 15) is 9.59 Å². The number of nitrogens with one attached hydrogen (secondary N) is 1. The number of carbonyl (C=O) groups is 2. The fourth-order valence-electron chi connectivity index (χ4n) is 2.86. The van der Waals surface area contributed by atoms with Crippen LogP contribution >= 0.6 is 23.4 Å². The number of nitrogens with zero attached hydrogens (tertiary/aromatic N) is 4. The zero-order valence-electron chi connectivity index (χ0n) is 14.3. The van der Waals surface area contributed by atoms with Crippen LogP contribution in [0.4, 0.5) is 5.69 Å². The van der Waals surface area contributed by atoms with Crippen molar-refractivity contribution in [2.75, 3.05) is 11.1 Å². The number of thioether (sulfide) groups is 1. The van der Waals surface area contributed by atoms with Gasteiger partial charge >= 0.3 is 0 Å². The molecule has 9 heteroatoms. The van der Waals surface area contributed by atoms with Gasteiger partial charge in [-0.1, -0.05) is 23.4 Å². The maximum atomic E-state index is 12.6. The largest absolute Gasteiger partial charge is 0.325 e. The molecule has 1 aliphatic rings. The summed E-state index contributed by atoms with van der Waals surface area (Å²) in [6, 6.07) is 7.02. The quantitative estimate of drug-likeness (QED) is 0.524. The summed E-state index contributed by atoms with van der Waals surface area (Å²) in [6.07, 6.45) is 3.64. The van der Waals surface area contributed by atoms with E-state index in [1.54, 1.807) is 24.5 Å². The normalized spacial score (nSPS) is 12.7. The smallest absolute Gasteiger partial charge is 0.228 e. The van der Waals surface area contributed by atoms with E-state index in [2.05, 4.69) is 20.5 Å². The number of Topliss-reactive ketones (excluding diaryl/α,β-unsaturated/α-hetero) is 1. The minimum absolute atomic E-state index is 0.0947. The first-order chi connectivity index (χ1) is 13.0. The molecule has 136 valence electrons. The molecule has 1 amide bonds. The summed E-state index contributed by atoms with van der Waals surface area (Å²) in [5.41, 5.74) is 2.77. The highest BCUT2D eigenvalue weighted by Gasteiger charge is 2.22. The van der Waals surface area contributed by atoms with Crippen molar-refractivity contribution in [3.63, 3.8) is 0 Å². The van der Waals surface area contributed by atoms with Gasteiger partial charge in [-0.05, 0) is 29.8 Å². The molecule has 0 radical (unpaired) electrons. The second-order valence-corrected chi connectivity index (χ2v) is 7.38. The van der Waals surface area contributed by atoms with Gasteiger partial charge in [-0.3, -0.25) is 14.6 Å². The van der Waals surface area contributed by atoms with Gasteiger partial charge in [0.1, 0.15) is 0 Å². The molecule has 0 fully saturated rings. The number of fused-ring (bicyclic) bond motifs is 1. The molecule has 1 N–H and O–H groups in total. The van der Waals surface area contributed by atoms with Gasteiger partial charge in [0.25, 0.3) is 0 Å². The molecule has 4 rings (SSSR count). The van der Waals surface area contributed by atoms with Gasteiger partial charge < -0.3 is 9.88 Å². The van der Waals surface area contributed by atoms with Gasteiger partial charge in [-0.25, -0.2) is 0 Å². The van der Waals surface area contributed by atoms with Crippen LogP contribution in [0.15, 0.2) is 41.8 Å². The minimum atomic E-state index is -0.124. The molecular weight excluding hydrogens is 386 g/mol. The molecule has 0 atom stereocenters. The zero-order chi connectivity index (χ0) is 19.0. The lowest BCUT2D eigenvalue weighted by atomic mass is 10.1. The highest BCUT2D eigenvalue weighted by molar-refractivity contribution is 7.99. The number of carbonyl (C=O) groups excluding carboxylic acids is 2. The molecular formula is C18H14ClN5O2S. The maximum absolute atomic E-state index is 12.6. The van der Waals surface area contributed by atoms with E-state index < -0.39 is 0 Å². The standard InChI is InChI=1S/C18H14ClN5O2S/c1-24-17(10-2-4-20-5-3-10)22-23-18(24)27-9-15(25)12-6-11-7-16(26)21-14(11)8-13(12)19/h2-6,8H,7,9H2,1H3,(H,21,26). The Morgan fingerprint density at radius 3 is 2.85 bits per heavy atom. The lowest BCUT2D eigenvalue weighted by Gasteiger charge is -2.07. The number of anilines is 1. The number of hydrogen-bond donors (Lipinski definition) is 1. The average molecular weight is 400 g/mol. The topological polar surface area (TPSA) is 89.8 Å². The number of benzene rings is 1. The first kappa shape index (κ1) is 17.7. The Kier molecular flexibility index (Phi) is 4.67. The van der Waals surface area contributed by atoms with Crippen LogP contribution in [0.1, 0.15) is 15.9 Å². The molecule has 1 aliphatic heterocycles. The lowest BCUT2D eigenvalue weighted by molar-refractivity contribution is -0.115. The minimum Gasteiger partial charge on any atom is -0.325 e. The molecule has 7 nitrogen and oxygen atoms in total. The Morgan fingerprint density at radius 1 is 1.30 bits per heavy atom. The van der Waals surface area contributed by atoms with E-state index in [0.717, 1.165) is 11.1 Å². The number of halogens is 1. The zero-order valence-corrected chi connectivity index (χ0v) is 15.8. The third-order valence-corrected chi connectivity index (χ3v) is 5.56. The molecule has 2 aromatic heterocycles. The van der Waals surface area contributed by atoms with Crippen LogP contribution in [0, 0.1) is 0 Å². The molecule has 27 heavy (non-hydrogen) atoms. The lowest BCUT2D eigenvalue weighted by Crippen LogP contribution is -2.05. The van der Waals surface area contributed by atoms with E-state index in [1.807, 2.05) is 23.7 Å². The molecule has 0 bridgehead atoms. The Labute approximate surface area is 164 Å².